The van der Waals surface area contributed by atoms with E-state index in [-0.39, 0.29) is 35.7 Å². The molecule has 1 amide bonds. The first-order valence-corrected chi connectivity index (χ1v) is 14.4. The molecule has 4 heterocycles. The van der Waals surface area contributed by atoms with E-state index < -0.39 is 12.1 Å². The molecule has 6 N–H and O–H groups in total. The van der Waals surface area contributed by atoms with Gasteiger partial charge in [0, 0.05) is 44.3 Å². The molecule has 0 aliphatic carbocycles. The number of piperidine rings is 1. The number of hydrogen-bond acceptors (Lipinski definition) is 8. The minimum Gasteiger partial charge on any atom is -0.381 e. The van der Waals surface area contributed by atoms with Crippen molar-refractivity contribution in [3.63, 3.8) is 0 Å². The van der Waals surface area contributed by atoms with Gasteiger partial charge in [0.2, 0.25) is 5.91 Å². The Morgan fingerprint density at radius 3 is 2.83 bits per heavy atom. The lowest BCUT2D eigenvalue weighted by atomic mass is 9.68. The Bertz CT molecular complexity index is 754. The summed E-state index contributed by atoms with van der Waals surface area (Å²) < 4.78 is 11.9. The first kappa shape index (κ1) is 27.7. The molecule has 6 unspecified atom stereocenters. The van der Waals surface area contributed by atoms with Gasteiger partial charge in [0.15, 0.2) is 0 Å². The van der Waals surface area contributed by atoms with E-state index in [1.807, 2.05) is 0 Å². The third-order valence-electron chi connectivity index (χ3n) is 9.10. The van der Waals surface area contributed by atoms with Crippen molar-refractivity contribution < 1.29 is 14.3 Å². The highest BCUT2D eigenvalue weighted by Gasteiger charge is 2.56. The van der Waals surface area contributed by atoms with Gasteiger partial charge in [-0.05, 0) is 57.4 Å². The molecule has 9 nitrogen and oxygen atoms in total. The largest absolute Gasteiger partial charge is 0.381 e. The number of fused-ring (bicyclic) bond motifs is 1. The summed E-state index contributed by atoms with van der Waals surface area (Å²) >= 11 is 0. The Balaban J connectivity index is 1.45. The zero-order valence-electron chi connectivity index (χ0n) is 22.1. The van der Waals surface area contributed by atoms with Crippen LogP contribution in [0.3, 0.4) is 0 Å². The number of unbranched alkanes of at least 4 members (excludes halogenated alkanes) is 1. The summed E-state index contributed by atoms with van der Waals surface area (Å²) in [4.78, 5) is 16.3. The van der Waals surface area contributed by atoms with Crippen molar-refractivity contribution in [2.24, 2.45) is 23.3 Å². The number of nitrogens with zero attached hydrogens (tertiary/aromatic N) is 2. The minimum atomic E-state index is -0.733. The van der Waals surface area contributed by atoms with E-state index in [4.69, 9.17) is 20.9 Å². The fourth-order valence-corrected chi connectivity index (χ4v) is 7.10. The minimum absolute atomic E-state index is 0.0174. The van der Waals surface area contributed by atoms with Crippen molar-refractivity contribution in [1.82, 2.24) is 15.5 Å². The van der Waals surface area contributed by atoms with Gasteiger partial charge >= 0.3 is 0 Å². The van der Waals surface area contributed by atoms with Gasteiger partial charge in [-0.2, -0.15) is 5.26 Å². The highest BCUT2D eigenvalue weighted by molar-refractivity contribution is 5.80. The first-order chi connectivity index (χ1) is 17.5. The molecule has 204 valence electrons. The number of hydrogen-bond donors (Lipinski definition) is 4. The average Bonchev–Trinajstić information content (AvgIpc) is 2.99. The molecule has 0 spiro atoms. The Hall–Kier alpha value is -1.28. The van der Waals surface area contributed by atoms with Crippen molar-refractivity contribution in [3.05, 3.63) is 0 Å². The molecule has 0 bridgehead atoms. The number of ether oxygens (including phenoxy) is 2. The van der Waals surface area contributed by atoms with Crippen LogP contribution in [-0.4, -0.2) is 79.7 Å². The average molecular weight is 505 g/mol. The third kappa shape index (κ3) is 6.40. The maximum Gasteiger partial charge on any atom is 0.227 e. The standard InChI is InChI=1S/C27H48N6O3/c1-2-3-10-27-11-4-5-19(6-12-28)18-33(27)22(16-27)24(25(29)30)26(34)32-21-17-31-13-7-23(21)36-20-8-14-35-15-9-20/h19-25,31H,2-11,13-18,29-30H2,1H3,(H,32,34). The second kappa shape index (κ2) is 13.0. The molecule has 4 saturated heterocycles. The molecular weight excluding hydrogens is 456 g/mol. The van der Waals surface area contributed by atoms with Gasteiger partial charge in [-0.3, -0.25) is 9.69 Å². The molecule has 0 aromatic carbocycles. The van der Waals surface area contributed by atoms with Crippen LogP contribution in [0.4, 0.5) is 0 Å². The normalized spacial score (nSPS) is 34.8. The van der Waals surface area contributed by atoms with E-state index in [0.29, 0.717) is 18.9 Å². The molecule has 0 radical (unpaired) electrons. The number of nitrogens with one attached hydrogen (secondary N) is 2. The van der Waals surface area contributed by atoms with Gasteiger partial charge in [-0.15, -0.1) is 0 Å². The van der Waals surface area contributed by atoms with Gasteiger partial charge in [-0.25, -0.2) is 0 Å². The summed E-state index contributed by atoms with van der Waals surface area (Å²) in [5.74, 6) is -0.195. The lowest BCUT2D eigenvalue weighted by Crippen LogP contribution is -2.72. The fraction of sp³-hybridized carbons (Fsp3) is 0.926. The van der Waals surface area contributed by atoms with Crippen LogP contribution >= 0.6 is 0 Å². The van der Waals surface area contributed by atoms with E-state index in [0.717, 1.165) is 84.1 Å². The molecular formula is C27H48N6O3. The smallest absolute Gasteiger partial charge is 0.227 e. The van der Waals surface area contributed by atoms with Gasteiger partial charge in [0.25, 0.3) is 0 Å². The maximum absolute atomic E-state index is 13.8. The highest BCUT2D eigenvalue weighted by atomic mass is 16.5. The Kier molecular flexibility index (Phi) is 10.0. The van der Waals surface area contributed by atoms with Crippen LogP contribution < -0.4 is 22.1 Å². The van der Waals surface area contributed by atoms with E-state index in [1.54, 1.807) is 0 Å². The number of rotatable bonds is 10. The molecule has 0 aromatic heterocycles. The van der Waals surface area contributed by atoms with E-state index in [9.17, 15) is 10.1 Å². The highest BCUT2D eigenvalue weighted by Crippen LogP contribution is 2.49. The molecule has 36 heavy (non-hydrogen) atoms. The lowest BCUT2D eigenvalue weighted by molar-refractivity contribution is -0.147. The number of carbonyl (C=O) groups is 1. The van der Waals surface area contributed by atoms with E-state index in [1.165, 1.54) is 6.42 Å². The van der Waals surface area contributed by atoms with Gasteiger partial charge < -0.3 is 31.6 Å². The molecule has 0 aromatic rings. The van der Waals surface area contributed by atoms with Crippen LogP contribution in [0.25, 0.3) is 0 Å². The van der Waals surface area contributed by atoms with Crippen LogP contribution in [0, 0.1) is 23.2 Å². The van der Waals surface area contributed by atoms with Crippen molar-refractivity contribution in [3.8, 4) is 6.07 Å². The van der Waals surface area contributed by atoms with Crippen molar-refractivity contribution in [2.75, 3.05) is 32.8 Å². The van der Waals surface area contributed by atoms with Crippen LogP contribution in [0.1, 0.15) is 77.6 Å². The predicted octanol–water partition coefficient (Wildman–Crippen LogP) is 1.61. The monoisotopic (exact) mass is 504 g/mol. The zero-order valence-corrected chi connectivity index (χ0v) is 22.1. The topological polar surface area (TPSA) is 139 Å². The van der Waals surface area contributed by atoms with Gasteiger partial charge in [0.1, 0.15) is 0 Å². The molecule has 6 atom stereocenters. The molecule has 4 fully saturated rings. The second-order valence-electron chi connectivity index (χ2n) is 11.6. The fourth-order valence-electron chi connectivity index (χ4n) is 7.10. The van der Waals surface area contributed by atoms with Crippen LogP contribution in [0.2, 0.25) is 0 Å². The Morgan fingerprint density at radius 2 is 2.11 bits per heavy atom. The summed E-state index contributed by atoms with van der Waals surface area (Å²) in [6, 6.07) is 2.30. The summed E-state index contributed by atoms with van der Waals surface area (Å²) in [6.07, 6.45) is 10.5. The summed E-state index contributed by atoms with van der Waals surface area (Å²) in [5.41, 5.74) is 12.7. The predicted molar refractivity (Wildman–Crippen MR) is 139 cm³/mol. The molecule has 4 aliphatic rings. The Labute approximate surface area is 217 Å². The van der Waals surface area contributed by atoms with Crippen LogP contribution in [0.5, 0.6) is 0 Å². The molecule has 9 heteroatoms. The lowest BCUT2D eigenvalue weighted by Gasteiger charge is -2.61. The van der Waals surface area contributed by atoms with E-state index in [2.05, 4.69) is 28.5 Å². The van der Waals surface area contributed by atoms with Crippen molar-refractivity contribution >= 4 is 5.91 Å². The summed E-state index contributed by atoms with van der Waals surface area (Å²) in [7, 11) is 0. The Morgan fingerprint density at radius 1 is 1.31 bits per heavy atom. The van der Waals surface area contributed by atoms with Gasteiger partial charge in [-0.1, -0.05) is 26.2 Å². The molecule has 4 rings (SSSR count). The zero-order chi connectivity index (χ0) is 25.5. The number of amides is 1. The number of nitriles is 1. The quantitative estimate of drug-likeness (QED) is 0.329. The van der Waals surface area contributed by atoms with Gasteiger partial charge in [0.05, 0.1) is 36.4 Å². The number of carbonyl (C=O) groups excluding carboxylic acids is 1. The van der Waals surface area contributed by atoms with Crippen LogP contribution in [-0.2, 0) is 14.3 Å². The molecule has 4 aliphatic heterocycles. The molecule has 0 saturated carbocycles. The SMILES string of the molecule is CCCCC12CCCC(CC#N)CN1C(C(C(=O)NC1CNCCC1OC1CCOCC1)C(N)N)C2. The first-order valence-electron chi connectivity index (χ1n) is 14.4. The second-order valence-corrected chi connectivity index (χ2v) is 11.6. The summed E-state index contributed by atoms with van der Waals surface area (Å²) in [5, 5.41) is 16.1. The van der Waals surface area contributed by atoms with Crippen LogP contribution in [0.15, 0.2) is 0 Å². The van der Waals surface area contributed by atoms with Crippen molar-refractivity contribution in [1.29, 1.82) is 5.26 Å². The van der Waals surface area contributed by atoms with E-state index >= 15 is 0 Å². The summed E-state index contributed by atoms with van der Waals surface area (Å²) in [6.45, 7) is 6.14. The van der Waals surface area contributed by atoms with Crippen molar-refractivity contribution in [2.45, 2.75) is 114 Å². The number of nitrogens with two attached hydrogens (primary N) is 2. The maximum atomic E-state index is 13.8. The third-order valence-corrected chi connectivity index (χ3v) is 9.10.